The Kier molecular flexibility index (Phi) is 4.79. The molecule has 27 heavy (non-hydrogen) atoms. The van der Waals surface area contributed by atoms with E-state index < -0.39 is 0 Å². The summed E-state index contributed by atoms with van der Waals surface area (Å²) in [5.41, 5.74) is 3.14. The van der Waals surface area contributed by atoms with E-state index in [0.717, 1.165) is 35.4 Å². The van der Waals surface area contributed by atoms with Gasteiger partial charge in [-0.3, -0.25) is 4.98 Å². The zero-order valence-electron chi connectivity index (χ0n) is 15.8. The molecule has 0 bridgehead atoms. The summed E-state index contributed by atoms with van der Waals surface area (Å²) in [4.78, 5) is 23.6. The van der Waals surface area contributed by atoms with Crippen LogP contribution in [0, 0.1) is 0 Å². The van der Waals surface area contributed by atoms with E-state index in [9.17, 15) is 4.79 Å². The van der Waals surface area contributed by atoms with Crippen molar-refractivity contribution in [1.29, 1.82) is 0 Å². The molecule has 140 valence electrons. The van der Waals surface area contributed by atoms with Gasteiger partial charge in [-0.05, 0) is 31.9 Å². The average Bonchev–Trinajstić information content (AvgIpc) is 3.31. The van der Waals surface area contributed by atoms with Crippen LogP contribution in [-0.2, 0) is 6.54 Å². The third kappa shape index (κ3) is 3.52. The number of likely N-dealkylation sites (tertiary alicyclic amines) is 1. The molecule has 1 aliphatic rings. The van der Waals surface area contributed by atoms with Gasteiger partial charge in [-0.25, -0.2) is 9.78 Å². The molecule has 0 saturated carbocycles. The number of amides is 2. The molecule has 2 amide bonds. The van der Waals surface area contributed by atoms with Gasteiger partial charge in [-0.2, -0.15) is 0 Å². The van der Waals surface area contributed by atoms with Gasteiger partial charge >= 0.3 is 6.03 Å². The van der Waals surface area contributed by atoms with Gasteiger partial charge in [0.05, 0.1) is 17.2 Å². The maximum absolute atomic E-state index is 12.6. The lowest BCUT2D eigenvalue weighted by Crippen LogP contribution is -2.38. The SMILES string of the molecule is CC(C)n1c([C@@H]2CCN(C(=O)NCc3ccccc3)C2)nc2ccncc21. The van der Waals surface area contributed by atoms with E-state index in [1.807, 2.05) is 47.5 Å². The highest BCUT2D eigenvalue weighted by Crippen LogP contribution is 2.31. The number of aromatic nitrogens is 3. The number of carbonyl (C=O) groups is 1. The highest BCUT2D eigenvalue weighted by molar-refractivity contribution is 5.76. The van der Waals surface area contributed by atoms with Crippen molar-refractivity contribution in [1.82, 2.24) is 24.8 Å². The molecule has 4 rings (SSSR count). The smallest absolute Gasteiger partial charge is 0.317 e. The molecule has 2 aromatic heterocycles. The molecule has 0 spiro atoms. The Morgan fingerprint density at radius 3 is 2.85 bits per heavy atom. The van der Waals surface area contributed by atoms with Crippen molar-refractivity contribution in [2.45, 2.75) is 38.8 Å². The first-order chi connectivity index (χ1) is 13.1. The van der Waals surface area contributed by atoms with Gasteiger partial charge in [0.2, 0.25) is 0 Å². The molecule has 1 aliphatic heterocycles. The minimum absolute atomic E-state index is 0.00442. The molecular weight excluding hydrogens is 338 g/mol. The molecule has 0 unspecified atom stereocenters. The molecule has 3 heterocycles. The number of hydrogen-bond acceptors (Lipinski definition) is 3. The van der Waals surface area contributed by atoms with Crippen LogP contribution in [0.4, 0.5) is 4.79 Å². The van der Waals surface area contributed by atoms with E-state index in [2.05, 4.69) is 28.7 Å². The predicted molar refractivity (Wildman–Crippen MR) is 106 cm³/mol. The zero-order valence-corrected chi connectivity index (χ0v) is 15.8. The molecule has 1 atom stereocenters. The van der Waals surface area contributed by atoms with Gasteiger partial charge in [0.15, 0.2) is 0 Å². The summed E-state index contributed by atoms with van der Waals surface area (Å²) in [6.07, 6.45) is 4.59. The zero-order chi connectivity index (χ0) is 18.8. The van der Waals surface area contributed by atoms with Crippen molar-refractivity contribution in [3.63, 3.8) is 0 Å². The molecule has 6 nitrogen and oxygen atoms in total. The minimum Gasteiger partial charge on any atom is -0.334 e. The monoisotopic (exact) mass is 363 g/mol. The van der Waals surface area contributed by atoms with Gasteiger partial charge < -0.3 is 14.8 Å². The van der Waals surface area contributed by atoms with E-state index in [1.54, 1.807) is 6.20 Å². The number of carbonyl (C=O) groups excluding carboxylic acids is 1. The first-order valence-corrected chi connectivity index (χ1v) is 9.52. The van der Waals surface area contributed by atoms with Crippen LogP contribution in [0.3, 0.4) is 0 Å². The largest absolute Gasteiger partial charge is 0.334 e. The van der Waals surface area contributed by atoms with Crippen molar-refractivity contribution in [3.8, 4) is 0 Å². The summed E-state index contributed by atoms with van der Waals surface area (Å²) in [6, 6.07) is 12.2. The molecule has 0 radical (unpaired) electrons. The summed E-state index contributed by atoms with van der Waals surface area (Å²) in [5, 5.41) is 3.03. The predicted octanol–water partition coefficient (Wildman–Crippen LogP) is 3.71. The number of imidazole rings is 1. The number of urea groups is 1. The Morgan fingerprint density at radius 1 is 1.26 bits per heavy atom. The maximum atomic E-state index is 12.6. The normalized spacial score (nSPS) is 17.0. The number of pyridine rings is 1. The van der Waals surface area contributed by atoms with Crippen molar-refractivity contribution < 1.29 is 4.79 Å². The van der Waals surface area contributed by atoms with Crippen LogP contribution in [0.15, 0.2) is 48.8 Å². The molecule has 0 aliphatic carbocycles. The lowest BCUT2D eigenvalue weighted by atomic mass is 10.1. The molecule has 3 aromatic rings. The third-order valence-electron chi connectivity index (χ3n) is 5.16. The van der Waals surface area contributed by atoms with Crippen LogP contribution in [0.2, 0.25) is 0 Å². The molecule has 6 heteroatoms. The van der Waals surface area contributed by atoms with E-state index in [-0.39, 0.29) is 11.9 Å². The van der Waals surface area contributed by atoms with Crippen LogP contribution in [0.1, 0.15) is 43.6 Å². The van der Waals surface area contributed by atoms with Crippen molar-refractivity contribution in [2.24, 2.45) is 0 Å². The van der Waals surface area contributed by atoms with Gasteiger partial charge in [0.1, 0.15) is 5.82 Å². The molecular formula is C21H25N5O. The second-order valence-electron chi connectivity index (χ2n) is 7.37. The van der Waals surface area contributed by atoms with Gasteiger partial charge in [0, 0.05) is 37.8 Å². The quantitative estimate of drug-likeness (QED) is 0.768. The standard InChI is InChI=1S/C21H25N5O/c1-15(2)26-19-13-22-10-8-18(19)24-20(26)17-9-11-25(14-17)21(27)23-12-16-6-4-3-5-7-16/h3-8,10,13,15,17H,9,11-12,14H2,1-2H3,(H,23,27)/t17-/m1/s1. The Labute approximate surface area is 159 Å². The number of benzene rings is 1. The van der Waals surface area contributed by atoms with Crippen molar-refractivity contribution in [2.75, 3.05) is 13.1 Å². The summed E-state index contributed by atoms with van der Waals surface area (Å²) < 4.78 is 2.26. The van der Waals surface area contributed by atoms with Crippen LogP contribution >= 0.6 is 0 Å². The van der Waals surface area contributed by atoms with Crippen molar-refractivity contribution >= 4 is 17.1 Å². The lowest BCUT2D eigenvalue weighted by molar-refractivity contribution is 0.207. The topological polar surface area (TPSA) is 63.1 Å². The van der Waals surface area contributed by atoms with E-state index >= 15 is 0 Å². The lowest BCUT2D eigenvalue weighted by Gasteiger charge is -2.19. The fourth-order valence-electron chi connectivity index (χ4n) is 3.83. The Hall–Kier alpha value is -2.89. The summed E-state index contributed by atoms with van der Waals surface area (Å²) in [5.74, 6) is 1.31. The first kappa shape index (κ1) is 17.5. The second kappa shape index (κ2) is 7.39. The van der Waals surface area contributed by atoms with Crippen LogP contribution in [-0.4, -0.2) is 38.6 Å². The summed E-state index contributed by atoms with van der Waals surface area (Å²) in [6.45, 7) is 6.33. The second-order valence-corrected chi connectivity index (χ2v) is 7.37. The molecule has 1 aromatic carbocycles. The van der Waals surface area contributed by atoms with E-state index in [0.29, 0.717) is 19.1 Å². The fourth-order valence-corrected chi connectivity index (χ4v) is 3.83. The van der Waals surface area contributed by atoms with Crippen molar-refractivity contribution in [3.05, 3.63) is 60.2 Å². The van der Waals surface area contributed by atoms with Crippen LogP contribution in [0.25, 0.3) is 11.0 Å². The number of fused-ring (bicyclic) bond motifs is 1. The number of nitrogens with one attached hydrogen (secondary N) is 1. The first-order valence-electron chi connectivity index (χ1n) is 9.52. The number of nitrogens with zero attached hydrogens (tertiary/aromatic N) is 4. The Balaban J connectivity index is 1.47. The minimum atomic E-state index is -0.00442. The number of rotatable bonds is 4. The van der Waals surface area contributed by atoms with E-state index in [4.69, 9.17) is 4.98 Å². The average molecular weight is 363 g/mol. The molecule has 1 fully saturated rings. The molecule has 1 N–H and O–H groups in total. The highest BCUT2D eigenvalue weighted by atomic mass is 16.2. The third-order valence-corrected chi connectivity index (χ3v) is 5.16. The van der Waals surface area contributed by atoms with Gasteiger partial charge in [-0.15, -0.1) is 0 Å². The highest BCUT2D eigenvalue weighted by Gasteiger charge is 2.31. The van der Waals surface area contributed by atoms with Crippen LogP contribution < -0.4 is 5.32 Å². The fraction of sp³-hybridized carbons (Fsp3) is 0.381. The van der Waals surface area contributed by atoms with Crippen LogP contribution in [0.5, 0.6) is 0 Å². The van der Waals surface area contributed by atoms with E-state index in [1.165, 1.54) is 0 Å². The maximum Gasteiger partial charge on any atom is 0.317 e. The number of hydrogen-bond donors (Lipinski definition) is 1. The summed E-state index contributed by atoms with van der Waals surface area (Å²) >= 11 is 0. The Morgan fingerprint density at radius 2 is 2.07 bits per heavy atom. The van der Waals surface area contributed by atoms with Gasteiger partial charge in [0.25, 0.3) is 0 Å². The van der Waals surface area contributed by atoms with Gasteiger partial charge in [-0.1, -0.05) is 30.3 Å². The molecule has 1 saturated heterocycles. The Bertz CT molecular complexity index is 934. The summed E-state index contributed by atoms with van der Waals surface area (Å²) in [7, 11) is 0.